The Balaban J connectivity index is 2.03. The molecule has 0 aliphatic carbocycles. The summed E-state index contributed by atoms with van der Waals surface area (Å²) in [4.78, 5) is 0. The summed E-state index contributed by atoms with van der Waals surface area (Å²) in [6, 6.07) is 12.9. The van der Waals surface area contributed by atoms with Gasteiger partial charge in [0.05, 0.1) is 18.2 Å². The summed E-state index contributed by atoms with van der Waals surface area (Å²) in [6.45, 7) is 2.13. The van der Waals surface area contributed by atoms with Crippen LogP contribution >= 0.6 is 11.6 Å². The molecular formula is C16H17ClO3. The van der Waals surface area contributed by atoms with E-state index >= 15 is 0 Å². The van der Waals surface area contributed by atoms with Crippen LogP contribution in [0.2, 0.25) is 5.02 Å². The Bertz CT molecular complexity index is 564. The number of benzene rings is 2. The number of halogens is 1. The molecule has 20 heavy (non-hydrogen) atoms. The van der Waals surface area contributed by atoms with Crippen LogP contribution < -0.4 is 9.47 Å². The Hall–Kier alpha value is -1.71. The van der Waals surface area contributed by atoms with Gasteiger partial charge in [0.1, 0.15) is 18.1 Å². The van der Waals surface area contributed by atoms with Gasteiger partial charge in [-0.3, -0.25) is 0 Å². The van der Waals surface area contributed by atoms with E-state index in [1.807, 2.05) is 24.3 Å². The smallest absolute Gasteiger partial charge is 0.138 e. The predicted octanol–water partition coefficient (Wildman–Crippen LogP) is 3.98. The molecule has 0 fully saturated rings. The quantitative estimate of drug-likeness (QED) is 0.906. The van der Waals surface area contributed by atoms with Gasteiger partial charge in [-0.25, -0.2) is 0 Å². The molecular weight excluding hydrogens is 276 g/mol. The maximum atomic E-state index is 9.49. The zero-order valence-corrected chi connectivity index (χ0v) is 12.2. The SMILES string of the molecule is COc1ccc(COc2ccc(C(C)O)cc2Cl)cc1. The average Bonchev–Trinajstić information content (AvgIpc) is 2.46. The summed E-state index contributed by atoms with van der Waals surface area (Å²) in [5.41, 5.74) is 1.80. The van der Waals surface area contributed by atoms with Crippen molar-refractivity contribution >= 4 is 11.6 Å². The van der Waals surface area contributed by atoms with E-state index in [1.165, 1.54) is 0 Å². The van der Waals surface area contributed by atoms with E-state index in [0.717, 1.165) is 16.9 Å². The average molecular weight is 293 g/mol. The van der Waals surface area contributed by atoms with Crippen LogP contribution in [0.15, 0.2) is 42.5 Å². The highest BCUT2D eigenvalue weighted by Gasteiger charge is 2.07. The summed E-state index contributed by atoms with van der Waals surface area (Å²) >= 11 is 6.13. The fourth-order valence-corrected chi connectivity index (χ4v) is 2.02. The summed E-state index contributed by atoms with van der Waals surface area (Å²) in [5.74, 6) is 1.42. The molecule has 2 aromatic rings. The van der Waals surface area contributed by atoms with Crippen LogP contribution in [0.3, 0.4) is 0 Å². The van der Waals surface area contributed by atoms with Gasteiger partial charge < -0.3 is 14.6 Å². The van der Waals surface area contributed by atoms with Crippen LogP contribution in [0.25, 0.3) is 0 Å². The number of aliphatic hydroxyl groups is 1. The number of hydrogen-bond donors (Lipinski definition) is 1. The second-order valence-corrected chi connectivity index (χ2v) is 4.91. The van der Waals surface area contributed by atoms with Crippen LogP contribution in [0.5, 0.6) is 11.5 Å². The molecule has 2 aromatic carbocycles. The standard InChI is InChI=1S/C16H17ClO3/c1-11(18)13-5-8-16(15(17)9-13)20-10-12-3-6-14(19-2)7-4-12/h3-9,11,18H,10H2,1-2H3. The first-order chi connectivity index (χ1) is 9.60. The van der Waals surface area contributed by atoms with Crippen molar-refractivity contribution < 1.29 is 14.6 Å². The van der Waals surface area contributed by atoms with Gasteiger partial charge in [0.15, 0.2) is 0 Å². The molecule has 0 aliphatic rings. The van der Waals surface area contributed by atoms with E-state index < -0.39 is 6.10 Å². The largest absolute Gasteiger partial charge is 0.497 e. The van der Waals surface area contributed by atoms with Gasteiger partial charge in [0.2, 0.25) is 0 Å². The van der Waals surface area contributed by atoms with Crippen LogP contribution in [0, 0.1) is 0 Å². The molecule has 0 radical (unpaired) electrons. The molecule has 0 amide bonds. The third-order valence-electron chi connectivity index (χ3n) is 2.99. The van der Waals surface area contributed by atoms with E-state index in [4.69, 9.17) is 21.1 Å². The van der Waals surface area contributed by atoms with Crippen LogP contribution in [0.4, 0.5) is 0 Å². The highest BCUT2D eigenvalue weighted by atomic mass is 35.5. The number of ether oxygens (including phenoxy) is 2. The fourth-order valence-electron chi connectivity index (χ4n) is 1.78. The second-order valence-electron chi connectivity index (χ2n) is 4.50. The van der Waals surface area contributed by atoms with E-state index in [9.17, 15) is 5.11 Å². The maximum absolute atomic E-state index is 9.49. The van der Waals surface area contributed by atoms with Crippen molar-refractivity contribution in [3.05, 3.63) is 58.6 Å². The summed E-state index contributed by atoms with van der Waals surface area (Å²) in [6.07, 6.45) is -0.539. The van der Waals surface area contributed by atoms with Crippen LogP contribution in [-0.2, 0) is 6.61 Å². The molecule has 0 spiro atoms. The number of hydrogen-bond acceptors (Lipinski definition) is 3. The van der Waals surface area contributed by atoms with Crippen molar-refractivity contribution in [2.24, 2.45) is 0 Å². The minimum absolute atomic E-state index is 0.428. The summed E-state index contributed by atoms with van der Waals surface area (Å²) < 4.78 is 10.8. The molecule has 1 unspecified atom stereocenters. The molecule has 0 heterocycles. The van der Waals surface area contributed by atoms with Gasteiger partial charge in [-0.1, -0.05) is 29.8 Å². The number of rotatable bonds is 5. The highest BCUT2D eigenvalue weighted by Crippen LogP contribution is 2.28. The molecule has 0 aliphatic heterocycles. The van der Waals surface area contributed by atoms with Gasteiger partial charge in [-0.15, -0.1) is 0 Å². The normalized spacial score (nSPS) is 12.0. The van der Waals surface area contributed by atoms with Gasteiger partial charge in [0, 0.05) is 0 Å². The molecule has 1 atom stereocenters. The predicted molar refractivity (Wildman–Crippen MR) is 79.4 cm³/mol. The van der Waals surface area contributed by atoms with Crippen molar-refractivity contribution in [1.29, 1.82) is 0 Å². The molecule has 0 aromatic heterocycles. The Morgan fingerprint density at radius 2 is 1.85 bits per heavy atom. The Labute approximate surface area is 123 Å². The van der Waals surface area contributed by atoms with Crippen molar-refractivity contribution in [3.8, 4) is 11.5 Å². The Kier molecular flexibility index (Phi) is 4.88. The topological polar surface area (TPSA) is 38.7 Å². The van der Waals surface area contributed by atoms with Gasteiger partial charge >= 0.3 is 0 Å². The van der Waals surface area contributed by atoms with Crippen molar-refractivity contribution in [2.45, 2.75) is 19.6 Å². The molecule has 3 nitrogen and oxygen atoms in total. The molecule has 4 heteroatoms. The third-order valence-corrected chi connectivity index (χ3v) is 3.29. The van der Waals surface area contributed by atoms with Crippen LogP contribution in [0.1, 0.15) is 24.2 Å². The van der Waals surface area contributed by atoms with E-state index in [-0.39, 0.29) is 0 Å². The second kappa shape index (κ2) is 6.64. The molecule has 0 saturated heterocycles. The Morgan fingerprint density at radius 3 is 2.40 bits per heavy atom. The molecule has 106 valence electrons. The lowest BCUT2D eigenvalue weighted by molar-refractivity contribution is 0.199. The maximum Gasteiger partial charge on any atom is 0.138 e. The summed E-state index contributed by atoms with van der Waals surface area (Å²) in [7, 11) is 1.63. The van der Waals surface area contributed by atoms with Crippen molar-refractivity contribution in [2.75, 3.05) is 7.11 Å². The lowest BCUT2D eigenvalue weighted by Crippen LogP contribution is -1.97. The lowest BCUT2D eigenvalue weighted by Gasteiger charge is -2.11. The number of methoxy groups -OCH3 is 1. The monoisotopic (exact) mass is 292 g/mol. The fraction of sp³-hybridized carbons (Fsp3) is 0.250. The highest BCUT2D eigenvalue weighted by molar-refractivity contribution is 6.32. The zero-order valence-electron chi connectivity index (χ0n) is 11.5. The molecule has 1 N–H and O–H groups in total. The van der Waals surface area contributed by atoms with E-state index in [0.29, 0.717) is 17.4 Å². The third kappa shape index (κ3) is 3.65. The van der Waals surface area contributed by atoms with Crippen molar-refractivity contribution in [3.63, 3.8) is 0 Å². The molecule has 2 rings (SSSR count). The first-order valence-electron chi connectivity index (χ1n) is 6.33. The zero-order chi connectivity index (χ0) is 14.5. The first kappa shape index (κ1) is 14.7. The minimum atomic E-state index is -0.539. The van der Waals surface area contributed by atoms with Gasteiger partial charge in [-0.2, -0.15) is 0 Å². The van der Waals surface area contributed by atoms with Gasteiger partial charge in [0.25, 0.3) is 0 Å². The van der Waals surface area contributed by atoms with E-state index in [2.05, 4.69) is 0 Å². The summed E-state index contributed by atoms with van der Waals surface area (Å²) in [5, 5.41) is 9.98. The molecule has 0 saturated carbocycles. The Morgan fingerprint density at radius 1 is 1.15 bits per heavy atom. The first-order valence-corrected chi connectivity index (χ1v) is 6.71. The number of aliphatic hydroxyl groups excluding tert-OH is 1. The van der Waals surface area contributed by atoms with Gasteiger partial charge in [-0.05, 0) is 42.3 Å². The van der Waals surface area contributed by atoms with Crippen LogP contribution in [-0.4, -0.2) is 12.2 Å². The minimum Gasteiger partial charge on any atom is -0.497 e. The van der Waals surface area contributed by atoms with E-state index in [1.54, 1.807) is 32.2 Å². The molecule has 0 bridgehead atoms. The lowest BCUT2D eigenvalue weighted by atomic mass is 10.1. The van der Waals surface area contributed by atoms with Crippen molar-refractivity contribution in [1.82, 2.24) is 0 Å².